The van der Waals surface area contributed by atoms with Gasteiger partial charge < -0.3 is 87.1 Å². The number of hydrogen-bond donors (Lipinski definition) is 9. The Morgan fingerprint density at radius 3 is 1.15 bits per heavy atom. The Balaban J connectivity index is 0.000000210. The Kier molecular flexibility index (Phi) is 43.1. The molecule has 4 aromatic carbocycles. The lowest BCUT2D eigenvalue weighted by molar-refractivity contribution is -0.119. The van der Waals surface area contributed by atoms with Crippen molar-refractivity contribution in [2.75, 3.05) is 88.2 Å². The topological polar surface area (TPSA) is 439 Å². The number of aromatic nitrogens is 11. The van der Waals surface area contributed by atoms with E-state index < -0.39 is 5.60 Å². The van der Waals surface area contributed by atoms with Crippen LogP contribution in [0.25, 0.3) is 44.1 Å². The molecule has 10 aromatic rings. The number of carbonyl (C=O) groups is 4. The van der Waals surface area contributed by atoms with Crippen molar-refractivity contribution in [1.82, 2.24) is 70.8 Å². The zero-order valence-electron chi connectivity index (χ0n) is 74.3. The van der Waals surface area contributed by atoms with Crippen LogP contribution in [0.1, 0.15) is 218 Å². The molecule has 4 aliphatic rings. The number of pyridine rings is 1. The zero-order chi connectivity index (χ0) is 88.9. The van der Waals surface area contributed by atoms with Crippen LogP contribution >= 0.6 is 0 Å². The van der Waals surface area contributed by atoms with Crippen LogP contribution < -0.4 is 53.7 Å². The number of nitrogens with one attached hydrogen (secondary N) is 5. The lowest BCUT2D eigenvalue weighted by Gasteiger charge is -2.30. The molecule has 4 fully saturated rings. The van der Waals surface area contributed by atoms with E-state index in [1.807, 2.05) is 106 Å². The smallest absolute Gasteiger partial charge is 0.407 e. The highest BCUT2D eigenvalue weighted by Gasteiger charge is 2.30. The van der Waals surface area contributed by atoms with Crippen LogP contribution in [-0.4, -0.2) is 181 Å². The third-order valence-electron chi connectivity index (χ3n) is 20.5. The molecule has 14 rings (SSSR count). The third kappa shape index (κ3) is 35.2. The number of fused-ring (bicyclic) bond motifs is 4. The summed E-state index contributed by atoms with van der Waals surface area (Å²) in [5.41, 5.74) is 35.5. The first-order chi connectivity index (χ1) is 59.4. The molecular formula is C92H133N19O12. The molecule has 4 aliphatic carbocycles. The van der Waals surface area contributed by atoms with E-state index in [0.717, 1.165) is 235 Å². The van der Waals surface area contributed by atoms with Gasteiger partial charge in [-0.05, 0) is 263 Å². The highest BCUT2D eigenvalue weighted by atomic mass is 16.6. The molecule has 3 amide bonds. The van der Waals surface area contributed by atoms with Crippen LogP contribution in [-0.2, 0) is 46.1 Å². The van der Waals surface area contributed by atoms with Crippen LogP contribution in [0.15, 0.2) is 129 Å². The Hall–Kier alpha value is -11.3. The minimum absolute atomic E-state index is 0.0683. The summed E-state index contributed by atoms with van der Waals surface area (Å²) in [7, 11) is 1.36. The maximum Gasteiger partial charge on any atom is 0.407 e. The number of carbonyl (C=O) groups excluding carboxylic acids is 4. The van der Waals surface area contributed by atoms with Crippen molar-refractivity contribution in [1.29, 1.82) is 0 Å². The fraction of sp³-hybridized carbons (Fsp3) is 0.522. The van der Waals surface area contributed by atoms with Gasteiger partial charge in [-0.1, -0.05) is 0 Å². The molecule has 123 heavy (non-hydrogen) atoms. The molecule has 13 N–H and O–H groups in total. The monoisotopic (exact) mass is 1700 g/mol. The summed E-state index contributed by atoms with van der Waals surface area (Å²) in [6.45, 7) is 29.9. The number of ether oxygens (including phenoxy) is 8. The van der Waals surface area contributed by atoms with Gasteiger partial charge in [-0.2, -0.15) is 0 Å². The Morgan fingerprint density at radius 1 is 0.423 bits per heavy atom. The molecule has 0 aliphatic heterocycles. The summed E-state index contributed by atoms with van der Waals surface area (Å²) >= 11 is 0. The highest BCUT2D eigenvalue weighted by Crippen LogP contribution is 2.36. The first kappa shape index (κ1) is 98.8. The van der Waals surface area contributed by atoms with E-state index in [1.165, 1.54) is 18.9 Å². The molecule has 0 saturated heterocycles. The number of nitrogen functional groups attached to an aromatic ring is 4. The molecule has 0 spiro atoms. The average molecular weight is 1700 g/mol. The maximum absolute atomic E-state index is 12.1. The normalized spacial score (nSPS) is 18.3. The number of amides is 3. The van der Waals surface area contributed by atoms with Crippen molar-refractivity contribution in [3.63, 3.8) is 0 Å². The van der Waals surface area contributed by atoms with Gasteiger partial charge in [0.1, 0.15) is 34.0 Å². The Bertz CT molecular complexity index is 4710. The Morgan fingerprint density at radius 2 is 0.789 bits per heavy atom. The first-order valence-corrected chi connectivity index (χ1v) is 43.4. The number of hydrogen-bond acceptors (Lipinski definition) is 27. The largest absolute Gasteiger partial charge is 0.488 e. The van der Waals surface area contributed by atoms with Crippen molar-refractivity contribution in [2.24, 2.45) is 11.8 Å². The van der Waals surface area contributed by atoms with E-state index in [2.05, 4.69) is 76.1 Å². The van der Waals surface area contributed by atoms with Gasteiger partial charge in [0.05, 0.1) is 58.0 Å². The van der Waals surface area contributed by atoms with E-state index >= 15 is 0 Å². The molecule has 668 valence electrons. The van der Waals surface area contributed by atoms with Crippen molar-refractivity contribution < 1.29 is 57.1 Å². The van der Waals surface area contributed by atoms with Gasteiger partial charge in [-0.3, -0.25) is 39.5 Å². The summed E-state index contributed by atoms with van der Waals surface area (Å²) < 4.78 is 41.8. The van der Waals surface area contributed by atoms with Gasteiger partial charge in [-0.25, -0.2) is 29.5 Å². The molecule has 0 radical (unpaired) electrons. The van der Waals surface area contributed by atoms with Gasteiger partial charge in [0.25, 0.3) is 5.91 Å². The van der Waals surface area contributed by atoms with Crippen LogP contribution in [0.2, 0.25) is 0 Å². The number of aromatic amines is 1. The van der Waals surface area contributed by atoms with Gasteiger partial charge in [-0.15, -0.1) is 0 Å². The predicted octanol–water partition coefficient (Wildman–Crippen LogP) is 15.7. The molecule has 0 bridgehead atoms. The average Bonchev–Trinajstić information content (AvgIpc) is 1.69. The summed E-state index contributed by atoms with van der Waals surface area (Å²) in [4.78, 5) is 92.7. The number of nitrogens with zero attached hydrogens (tertiary/aromatic N) is 10. The SMILES string of the molecule is CC(=O)NC1CCC(Cc2cc(N)cc3nccnc23)CC1.CC(C)(C)OC(=O)NC1CCC(Cc2cc(N)cc3nccnc23)CC1.CCOCC.CCOCC.CCOCC.CCOCC.COC(=O)c1ccc(NC2CCC(Oc3cc(N)cc4nccnc34)CC2)nc1.Nc1cc(OC2CCC(NC(=O)c3ncc[nH]3)CC2)c2nccnc2c1. The number of imidazole rings is 1. The fourth-order valence-corrected chi connectivity index (χ4v) is 14.8. The summed E-state index contributed by atoms with van der Waals surface area (Å²) in [6.07, 6.45) is 35.5. The van der Waals surface area contributed by atoms with Crippen LogP contribution in [0.3, 0.4) is 0 Å². The molecule has 0 unspecified atom stereocenters. The number of H-pyrrole nitrogens is 1. The summed E-state index contributed by atoms with van der Waals surface area (Å²) in [5, 5.41) is 12.5. The van der Waals surface area contributed by atoms with Gasteiger partial charge >= 0.3 is 12.1 Å². The quantitative estimate of drug-likeness (QED) is 0.0212. The molecule has 0 atom stereocenters. The van der Waals surface area contributed by atoms with Crippen molar-refractivity contribution in [3.05, 3.63) is 151 Å². The van der Waals surface area contributed by atoms with Crippen LogP contribution in [0, 0.1) is 11.8 Å². The Labute approximate surface area is 724 Å². The fourth-order valence-electron chi connectivity index (χ4n) is 14.8. The molecule has 6 aromatic heterocycles. The minimum atomic E-state index is -0.462. The van der Waals surface area contributed by atoms with Gasteiger partial charge in [0, 0.05) is 187 Å². The molecule has 4 saturated carbocycles. The van der Waals surface area contributed by atoms with E-state index in [4.69, 9.17) is 60.8 Å². The number of nitrogens with two attached hydrogens (primary N) is 4. The van der Waals surface area contributed by atoms with Gasteiger partial charge in [0.2, 0.25) is 5.91 Å². The van der Waals surface area contributed by atoms with Crippen molar-refractivity contribution in [3.8, 4) is 11.5 Å². The summed E-state index contributed by atoms with van der Waals surface area (Å²) in [6, 6.07) is 19.5. The molecule has 31 nitrogen and oxygen atoms in total. The molecule has 31 heteroatoms. The van der Waals surface area contributed by atoms with Gasteiger partial charge in [0.15, 0.2) is 5.82 Å². The van der Waals surface area contributed by atoms with Crippen LogP contribution in [0.4, 0.5) is 33.4 Å². The molecular weight excluding hydrogens is 1560 g/mol. The highest BCUT2D eigenvalue weighted by molar-refractivity contribution is 5.91. The van der Waals surface area contributed by atoms with Crippen LogP contribution in [0.5, 0.6) is 11.5 Å². The van der Waals surface area contributed by atoms with E-state index in [9.17, 15) is 19.2 Å². The summed E-state index contributed by atoms with van der Waals surface area (Å²) in [5.74, 6) is 3.14. The van der Waals surface area contributed by atoms with E-state index in [1.54, 1.807) is 99.2 Å². The number of esters is 1. The number of benzene rings is 4. The molecule has 6 heterocycles. The number of methoxy groups -OCH3 is 1. The number of rotatable bonds is 23. The number of anilines is 5. The van der Waals surface area contributed by atoms with E-state index in [-0.39, 0.29) is 48.2 Å². The standard InChI is InChI=1S/C21H23N5O3.C20H28N4O2.C18H20N6O2.C17H22N4O.4C4H10O/c1-28-21(27)13-2-7-19(25-12-13)26-15-3-5-16(6-4-15)29-18-11-14(22)10-17-20(18)24-9-8-23-17;1-20(2,3)26-19(25)24-16-6-4-13(5-7-16)10-14-11-15(21)12-17-18(14)23-9-8-22-17;19-11-9-14-16(21-6-5-20-14)15(10-11)26-13-3-1-12(2-4-13)24-18(25)17-22-7-8-23-17;1-11(22)21-15-4-2-12(3-5-15)8-13-9-14(18)10-16-17(13)20-7-6-19-16;4*1-3-5-4-2/h2,7-12,15-16H,3-6,22H2,1H3,(H,25,26);8-9,11-13,16H,4-7,10,21H2,1-3H3,(H,24,25);5-10,12-13H,1-4,19H2,(H,22,23)(H,24,25);6-7,9-10,12,15H,2-5,8,18H2,1H3,(H,21,22);4*3-4H2,1-2H3. The second kappa shape index (κ2) is 53.6. The lowest BCUT2D eigenvalue weighted by Crippen LogP contribution is -2.41. The number of alkyl carbamates (subject to hydrolysis) is 1. The third-order valence-corrected chi connectivity index (χ3v) is 20.5. The minimum Gasteiger partial charge on any atom is -0.488 e. The second-order valence-electron chi connectivity index (χ2n) is 31.1. The van der Waals surface area contributed by atoms with Crippen molar-refractivity contribution >= 4 is 96.6 Å². The lowest BCUT2D eigenvalue weighted by atomic mass is 9.82. The predicted molar refractivity (Wildman–Crippen MR) is 485 cm³/mol. The van der Waals surface area contributed by atoms with Crippen molar-refractivity contribution in [2.45, 2.75) is 241 Å². The first-order valence-electron chi connectivity index (χ1n) is 43.4. The second-order valence-corrected chi connectivity index (χ2v) is 31.1. The zero-order valence-corrected chi connectivity index (χ0v) is 74.3. The van der Waals surface area contributed by atoms with E-state index in [0.29, 0.717) is 58.2 Å². The maximum atomic E-state index is 12.1.